The summed E-state index contributed by atoms with van der Waals surface area (Å²) in [7, 11) is 0. The number of amides is 1. The molecular weight excluding hydrogens is 289 g/mol. The van der Waals surface area contributed by atoms with E-state index in [1.807, 2.05) is 0 Å². The van der Waals surface area contributed by atoms with Crippen molar-refractivity contribution in [1.29, 1.82) is 0 Å². The molecule has 0 fully saturated rings. The molecule has 110 valence electrons. The molecule has 0 atom stereocenters. The molecule has 0 radical (unpaired) electrons. The maximum Gasteiger partial charge on any atom is 0.338 e. The predicted molar refractivity (Wildman–Crippen MR) is 77.4 cm³/mol. The average molecular weight is 299 g/mol. The third kappa shape index (κ3) is 2.39. The van der Waals surface area contributed by atoms with Crippen LogP contribution in [0.4, 0.5) is 10.1 Å². The van der Waals surface area contributed by atoms with Gasteiger partial charge in [-0.1, -0.05) is 18.2 Å². The van der Waals surface area contributed by atoms with E-state index in [2.05, 4.69) is 15.5 Å². The number of H-pyrrole nitrogens is 1. The van der Waals surface area contributed by atoms with Gasteiger partial charge >= 0.3 is 5.97 Å². The summed E-state index contributed by atoms with van der Waals surface area (Å²) in [5, 5.41) is 18.7. The van der Waals surface area contributed by atoms with Crippen molar-refractivity contribution in [1.82, 2.24) is 10.2 Å². The molecule has 1 amide bonds. The predicted octanol–water partition coefficient (Wildman–Crippen LogP) is 2.65. The number of aromatic amines is 1. The maximum atomic E-state index is 13.3. The Balaban J connectivity index is 1.91. The van der Waals surface area contributed by atoms with Crippen LogP contribution in [0.5, 0.6) is 0 Å². The lowest BCUT2D eigenvalue weighted by molar-refractivity contribution is 0.0691. The summed E-state index contributed by atoms with van der Waals surface area (Å²) in [4.78, 5) is 23.1. The first-order chi connectivity index (χ1) is 10.6. The van der Waals surface area contributed by atoms with Crippen molar-refractivity contribution >= 4 is 28.5 Å². The van der Waals surface area contributed by atoms with Gasteiger partial charge < -0.3 is 10.4 Å². The van der Waals surface area contributed by atoms with Gasteiger partial charge in [0, 0.05) is 11.1 Å². The van der Waals surface area contributed by atoms with Gasteiger partial charge in [-0.2, -0.15) is 5.10 Å². The van der Waals surface area contributed by atoms with E-state index >= 15 is 0 Å². The minimum absolute atomic E-state index is 0.177. The number of rotatable bonds is 3. The number of hydrogen-bond acceptors (Lipinski definition) is 3. The molecule has 0 aliphatic carbocycles. The summed E-state index contributed by atoms with van der Waals surface area (Å²) in [6, 6.07) is 10.4. The van der Waals surface area contributed by atoms with E-state index in [4.69, 9.17) is 5.11 Å². The number of aromatic carboxylic acids is 1. The molecule has 0 saturated carbocycles. The first kappa shape index (κ1) is 13.7. The highest BCUT2D eigenvalue weighted by Crippen LogP contribution is 2.19. The molecule has 3 rings (SSSR count). The number of fused-ring (bicyclic) bond motifs is 1. The summed E-state index contributed by atoms with van der Waals surface area (Å²) in [5.41, 5.74) is 0.551. The van der Waals surface area contributed by atoms with Gasteiger partial charge in [-0.25, -0.2) is 9.18 Å². The number of hydrogen-bond donors (Lipinski definition) is 3. The second kappa shape index (κ2) is 5.28. The molecule has 1 aromatic heterocycles. The quantitative estimate of drug-likeness (QED) is 0.693. The van der Waals surface area contributed by atoms with Crippen molar-refractivity contribution in [2.24, 2.45) is 0 Å². The second-order valence-electron chi connectivity index (χ2n) is 4.57. The number of para-hydroxylation sites is 1. The Morgan fingerprint density at radius 2 is 1.95 bits per heavy atom. The first-order valence-corrected chi connectivity index (χ1v) is 6.33. The van der Waals surface area contributed by atoms with Gasteiger partial charge in [0.1, 0.15) is 5.82 Å². The molecule has 7 heteroatoms. The number of halogens is 1. The van der Waals surface area contributed by atoms with E-state index in [0.29, 0.717) is 10.9 Å². The molecule has 0 aliphatic heterocycles. The molecule has 3 N–H and O–H groups in total. The number of carboxylic acids is 1. The Kier molecular flexibility index (Phi) is 3.30. The topological polar surface area (TPSA) is 95.1 Å². The molecular formula is C15H10FN3O3. The van der Waals surface area contributed by atoms with Crippen LogP contribution >= 0.6 is 0 Å². The number of aromatic nitrogens is 2. The van der Waals surface area contributed by atoms with Crippen LogP contribution < -0.4 is 5.32 Å². The van der Waals surface area contributed by atoms with Crippen molar-refractivity contribution in [2.45, 2.75) is 0 Å². The van der Waals surface area contributed by atoms with Gasteiger partial charge in [0.05, 0.1) is 11.1 Å². The number of carbonyl (C=O) groups is 2. The summed E-state index contributed by atoms with van der Waals surface area (Å²) in [5.74, 6) is -2.78. The van der Waals surface area contributed by atoms with Crippen molar-refractivity contribution in [3.63, 3.8) is 0 Å². The largest absolute Gasteiger partial charge is 0.478 e. The fourth-order valence-corrected chi connectivity index (χ4v) is 2.09. The van der Waals surface area contributed by atoms with Crippen LogP contribution in [0.25, 0.3) is 10.9 Å². The Morgan fingerprint density at radius 1 is 1.18 bits per heavy atom. The third-order valence-corrected chi connectivity index (χ3v) is 3.14. The second-order valence-corrected chi connectivity index (χ2v) is 4.57. The molecule has 0 unspecified atom stereocenters. The van der Waals surface area contributed by atoms with Crippen LogP contribution in [-0.2, 0) is 0 Å². The van der Waals surface area contributed by atoms with Gasteiger partial charge in [0.2, 0.25) is 0 Å². The van der Waals surface area contributed by atoms with Gasteiger partial charge in [-0.3, -0.25) is 9.89 Å². The molecule has 0 spiro atoms. The number of benzene rings is 2. The Hall–Kier alpha value is -3.22. The van der Waals surface area contributed by atoms with Crippen LogP contribution in [0.15, 0.2) is 42.5 Å². The molecule has 6 nitrogen and oxygen atoms in total. The SMILES string of the molecule is O=C(O)c1cc(NC(=O)c2n[nH]c3ccccc23)ccc1F. The number of carboxylic acid groups (broad SMARTS) is 1. The minimum Gasteiger partial charge on any atom is -0.478 e. The van der Waals surface area contributed by atoms with E-state index in [-0.39, 0.29) is 11.4 Å². The van der Waals surface area contributed by atoms with Crippen molar-refractivity contribution < 1.29 is 19.1 Å². The first-order valence-electron chi connectivity index (χ1n) is 6.33. The number of carbonyl (C=O) groups excluding carboxylic acids is 1. The highest BCUT2D eigenvalue weighted by molar-refractivity contribution is 6.11. The molecule has 0 saturated heterocycles. The zero-order valence-corrected chi connectivity index (χ0v) is 11.1. The smallest absolute Gasteiger partial charge is 0.338 e. The van der Waals surface area contributed by atoms with Crippen LogP contribution in [0.1, 0.15) is 20.8 Å². The summed E-state index contributed by atoms with van der Waals surface area (Å²) in [6.45, 7) is 0. The average Bonchev–Trinajstić information content (AvgIpc) is 2.93. The molecule has 0 aliphatic rings. The van der Waals surface area contributed by atoms with Crippen LogP contribution in [0.3, 0.4) is 0 Å². The molecule has 0 bridgehead atoms. The highest BCUT2D eigenvalue weighted by atomic mass is 19.1. The molecule has 1 heterocycles. The van der Waals surface area contributed by atoms with Crippen LogP contribution in [0, 0.1) is 5.82 Å². The standard InChI is InChI=1S/C15H10FN3O3/c16-11-6-5-8(7-10(11)15(21)22)17-14(20)13-9-3-1-2-4-12(9)18-19-13/h1-7H,(H,17,20)(H,18,19)(H,21,22). The van der Waals surface area contributed by atoms with E-state index < -0.39 is 23.3 Å². The zero-order chi connectivity index (χ0) is 15.7. The molecule has 2 aromatic carbocycles. The van der Waals surface area contributed by atoms with Crippen molar-refractivity contribution in [2.75, 3.05) is 5.32 Å². The van der Waals surface area contributed by atoms with Crippen molar-refractivity contribution in [3.8, 4) is 0 Å². The highest BCUT2D eigenvalue weighted by Gasteiger charge is 2.16. The summed E-state index contributed by atoms with van der Waals surface area (Å²) < 4.78 is 13.3. The number of nitrogens with one attached hydrogen (secondary N) is 2. The maximum absolute atomic E-state index is 13.3. The molecule has 22 heavy (non-hydrogen) atoms. The number of nitrogens with zero attached hydrogens (tertiary/aromatic N) is 1. The fourth-order valence-electron chi connectivity index (χ4n) is 2.09. The van der Waals surface area contributed by atoms with Gasteiger partial charge in [0.25, 0.3) is 5.91 Å². The number of anilines is 1. The van der Waals surface area contributed by atoms with E-state index in [9.17, 15) is 14.0 Å². The van der Waals surface area contributed by atoms with E-state index in [0.717, 1.165) is 12.1 Å². The van der Waals surface area contributed by atoms with E-state index in [1.165, 1.54) is 6.07 Å². The Morgan fingerprint density at radius 3 is 2.73 bits per heavy atom. The Bertz CT molecular complexity index is 889. The van der Waals surface area contributed by atoms with Crippen LogP contribution in [0.2, 0.25) is 0 Å². The lowest BCUT2D eigenvalue weighted by atomic mass is 10.1. The molecule has 3 aromatic rings. The minimum atomic E-state index is -1.40. The Labute approximate surface area is 123 Å². The van der Waals surface area contributed by atoms with Gasteiger partial charge in [-0.15, -0.1) is 0 Å². The summed E-state index contributed by atoms with van der Waals surface area (Å²) in [6.07, 6.45) is 0. The van der Waals surface area contributed by atoms with Gasteiger partial charge in [0.15, 0.2) is 5.69 Å². The summed E-state index contributed by atoms with van der Waals surface area (Å²) >= 11 is 0. The normalized spacial score (nSPS) is 10.6. The fraction of sp³-hybridized carbons (Fsp3) is 0. The lowest BCUT2D eigenvalue weighted by Gasteiger charge is -2.05. The monoisotopic (exact) mass is 299 g/mol. The zero-order valence-electron chi connectivity index (χ0n) is 11.1. The van der Waals surface area contributed by atoms with Crippen LogP contribution in [-0.4, -0.2) is 27.2 Å². The third-order valence-electron chi connectivity index (χ3n) is 3.14. The van der Waals surface area contributed by atoms with Crippen molar-refractivity contribution in [3.05, 3.63) is 59.5 Å². The van der Waals surface area contributed by atoms with Gasteiger partial charge in [-0.05, 0) is 24.3 Å². The van der Waals surface area contributed by atoms with E-state index in [1.54, 1.807) is 24.3 Å². The lowest BCUT2D eigenvalue weighted by Crippen LogP contribution is -2.13.